The minimum absolute atomic E-state index is 0.149. The van der Waals surface area contributed by atoms with Crippen LogP contribution in [0, 0.1) is 0 Å². The van der Waals surface area contributed by atoms with Crippen LogP contribution in [0.5, 0.6) is 0 Å². The molecule has 1 aromatic carbocycles. The second kappa shape index (κ2) is 3.06. The summed E-state index contributed by atoms with van der Waals surface area (Å²) >= 11 is 3.51. The molecule has 0 radical (unpaired) electrons. The number of carbonyl (C=O) groups is 1. The number of ketones is 1. The molecule has 1 aromatic rings. The number of alkyl halides is 1. The lowest BCUT2D eigenvalue weighted by Gasteiger charge is -2.27. The van der Waals surface area contributed by atoms with Gasteiger partial charge in [0.1, 0.15) is 4.32 Å². The van der Waals surface area contributed by atoms with Crippen LogP contribution in [-0.4, -0.2) is 5.78 Å². The predicted molar refractivity (Wildman–Crippen MR) is 61.4 cm³/mol. The summed E-state index contributed by atoms with van der Waals surface area (Å²) in [5.41, 5.74) is 2.99. The molecule has 72 valence electrons. The normalized spacial score (nSPS) is 25.6. The highest BCUT2D eigenvalue weighted by Gasteiger charge is 2.36. The number of allylic oxidation sites excluding steroid dienone is 1. The summed E-state index contributed by atoms with van der Waals surface area (Å²) in [6, 6.07) is 7.97. The van der Waals surface area contributed by atoms with Gasteiger partial charge in [0.05, 0.1) is 0 Å². The Morgan fingerprint density at radius 3 is 2.64 bits per heavy atom. The molecular weight excluding hydrogens is 240 g/mol. The molecule has 0 aromatic heterocycles. The van der Waals surface area contributed by atoms with Crippen molar-refractivity contribution in [1.29, 1.82) is 0 Å². The fraction of sp³-hybridized carbons (Fsp3) is 0.250. The van der Waals surface area contributed by atoms with Gasteiger partial charge in [0.2, 0.25) is 0 Å². The average molecular weight is 251 g/mol. The second-order valence-electron chi connectivity index (χ2n) is 3.75. The van der Waals surface area contributed by atoms with E-state index in [0.717, 1.165) is 16.7 Å². The highest BCUT2D eigenvalue weighted by atomic mass is 79.9. The van der Waals surface area contributed by atoms with Gasteiger partial charge in [-0.3, -0.25) is 4.79 Å². The first kappa shape index (κ1) is 9.66. The van der Waals surface area contributed by atoms with Gasteiger partial charge in [-0.05, 0) is 36.6 Å². The third-order valence-electron chi connectivity index (χ3n) is 2.62. The Hall–Kier alpha value is -0.890. The molecule has 1 nitrogen and oxygen atoms in total. The molecular formula is C12H11BrO. The first-order valence-electron chi connectivity index (χ1n) is 4.55. The fourth-order valence-electron chi connectivity index (χ4n) is 1.84. The van der Waals surface area contributed by atoms with Gasteiger partial charge in [0.15, 0.2) is 5.78 Å². The van der Waals surface area contributed by atoms with Crippen LogP contribution in [0.2, 0.25) is 0 Å². The third kappa shape index (κ3) is 1.25. The summed E-state index contributed by atoms with van der Waals surface area (Å²) < 4.78 is -0.553. The van der Waals surface area contributed by atoms with Crippen LogP contribution in [0.25, 0.3) is 6.08 Å². The Morgan fingerprint density at radius 2 is 1.93 bits per heavy atom. The summed E-state index contributed by atoms with van der Waals surface area (Å²) in [4.78, 5) is 11.9. The molecule has 1 aliphatic carbocycles. The monoisotopic (exact) mass is 250 g/mol. The Kier molecular flexibility index (Phi) is 2.11. The molecule has 0 bridgehead atoms. The zero-order valence-corrected chi connectivity index (χ0v) is 9.76. The fourth-order valence-corrected chi connectivity index (χ4v) is 2.52. The number of rotatable bonds is 0. The van der Waals surface area contributed by atoms with E-state index in [1.165, 1.54) is 0 Å². The van der Waals surface area contributed by atoms with Crippen LogP contribution >= 0.6 is 15.9 Å². The van der Waals surface area contributed by atoms with Gasteiger partial charge in [0.25, 0.3) is 0 Å². The molecule has 0 spiro atoms. The maximum Gasteiger partial charge on any atom is 0.179 e. The molecule has 1 unspecified atom stereocenters. The number of benzene rings is 1. The van der Waals surface area contributed by atoms with E-state index in [4.69, 9.17) is 0 Å². The van der Waals surface area contributed by atoms with Crippen LogP contribution in [0.4, 0.5) is 0 Å². The first-order valence-corrected chi connectivity index (χ1v) is 5.34. The molecule has 0 saturated carbocycles. The zero-order chi connectivity index (χ0) is 10.3. The van der Waals surface area contributed by atoms with Crippen molar-refractivity contribution >= 4 is 27.8 Å². The van der Waals surface area contributed by atoms with Gasteiger partial charge < -0.3 is 0 Å². The van der Waals surface area contributed by atoms with Gasteiger partial charge in [-0.1, -0.05) is 40.2 Å². The number of Topliss-reactive ketones (excluding diaryl/α,β-unsaturated/α-hetero) is 1. The summed E-state index contributed by atoms with van der Waals surface area (Å²) in [6.07, 6.45) is 1.95. The van der Waals surface area contributed by atoms with E-state index in [1.54, 1.807) is 0 Å². The van der Waals surface area contributed by atoms with Gasteiger partial charge >= 0.3 is 0 Å². The van der Waals surface area contributed by atoms with Crippen molar-refractivity contribution in [3.63, 3.8) is 0 Å². The third-order valence-corrected chi connectivity index (χ3v) is 3.41. The molecule has 0 saturated heterocycles. The summed E-state index contributed by atoms with van der Waals surface area (Å²) in [5, 5.41) is 0. The Labute approximate surface area is 92.0 Å². The van der Waals surface area contributed by atoms with Crippen molar-refractivity contribution in [2.24, 2.45) is 0 Å². The smallest absolute Gasteiger partial charge is 0.179 e. The number of fused-ring (bicyclic) bond motifs is 1. The van der Waals surface area contributed by atoms with Crippen molar-refractivity contribution in [1.82, 2.24) is 0 Å². The van der Waals surface area contributed by atoms with E-state index in [-0.39, 0.29) is 5.78 Å². The van der Waals surface area contributed by atoms with E-state index in [9.17, 15) is 4.79 Å². The maximum atomic E-state index is 11.9. The van der Waals surface area contributed by atoms with Gasteiger partial charge in [-0.2, -0.15) is 0 Å². The number of hydrogen-bond donors (Lipinski definition) is 0. The van der Waals surface area contributed by atoms with Crippen molar-refractivity contribution in [3.05, 3.63) is 41.0 Å². The van der Waals surface area contributed by atoms with Crippen LogP contribution in [0.15, 0.2) is 29.8 Å². The SMILES string of the molecule is CC1=Cc2ccccc2C(C)(Br)C1=O. The largest absolute Gasteiger partial charge is 0.293 e. The first-order chi connectivity index (χ1) is 6.53. The topological polar surface area (TPSA) is 17.1 Å². The second-order valence-corrected chi connectivity index (χ2v) is 5.33. The summed E-state index contributed by atoms with van der Waals surface area (Å²) in [5.74, 6) is 0.149. The van der Waals surface area contributed by atoms with E-state index in [1.807, 2.05) is 44.2 Å². The molecule has 0 aliphatic heterocycles. The van der Waals surface area contributed by atoms with Gasteiger partial charge in [-0.25, -0.2) is 0 Å². The lowest BCUT2D eigenvalue weighted by Crippen LogP contribution is -2.29. The lowest BCUT2D eigenvalue weighted by atomic mass is 9.83. The molecule has 0 fully saturated rings. The minimum Gasteiger partial charge on any atom is -0.293 e. The highest BCUT2D eigenvalue weighted by Crippen LogP contribution is 2.40. The van der Waals surface area contributed by atoms with Crippen LogP contribution < -0.4 is 0 Å². The Morgan fingerprint density at radius 1 is 1.29 bits per heavy atom. The summed E-state index contributed by atoms with van der Waals surface area (Å²) in [6.45, 7) is 3.77. The molecule has 0 N–H and O–H groups in total. The van der Waals surface area contributed by atoms with Crippen LogP contribution in [0.1, 0.15) is 25.0 Å². The number of halogens is 1. The van der Waals surface area contributed by atoms with Crippen molar-refractivity contribution in [2.45, 2.75) is 18.2 Å². The molecule has 1 aliphatic rings. The lowest BCUT2D eigenvalue weighted by molar-refractivity contribution is -0.117. The zero-order valence-electron chi connectivity index (χ0n) is 8.17. The maximum absolute atomic E-state index is 11.9. The van der Waals surface area contributed by atoms with Crippen molar-refractivity contribution < 1.29 is 4.79 Å². The minimum atomic E-state index is -0.553. The number of carbonyl (C=O) groups excluding carboxylic acids is 1. The van der Waals surface area contributed by atoms with Crippen molar-refractivity contribution in [3.8, 4) is 0 Å². The molecule has 0 amide bonds. The molecule has 2 heteroatoms. The number of hydrogen-bond acceptors (Lipinski definition) is 1. The van der Waals surface area contributed by atoms with E-state index >= 15 is 0 Å². The molecule has 0 heterocycles. The highest BCUT2D eigenvalue weighted by molar-refractivity contribution is 9.10. The Bertz CT molecular complexity index is 430. The van der Waals surface area contributed by atoms with Crippen LogP contribution in [-0.2, 0) is 9.12 Å². The predicted octanol–water partition coefficient (Wildman–Crippen LogP) is 3.28. The van der Waals surface area contributed by atoms with E-state index in [0.29, 0.717) is 0 Å². The van der Waals surface area contributed by atoms with Crippen LogP contribution in [0.3, 0.4) is 0 Å². The molecule has 1 atom stereocenters. The average Bonchev–Trinajstić information content (AvgIpc) is 2.15. The summed E-state index contributed by atoms with van der Waals surface area (Å²) in [7, 11) is 0. The molecule has 14 heavy (non-hydrogen) atoms. The quantitative estimate of drug-likeness (QED) is 0.646. The standard InChI is InChI=1S/C12H11BrO/c1-8-7-9-5-3-4-6-10(9)12(2,13)11(8)14/h3-7H,1-2H3. The van der Waals surface area contributed by atoms with E-state index < -0.39 is 4.32 Å². The Balaban J connectivity index is 2.72. The van der Waals surface area contributed by atoms with Gasteiger partial charge in [-0.15, -0.1) is 0 Å². The van der Waals surface area contributed by atoms with E-state index in [2.05, 4.69) is 15.9 Å². The van der Waals surface area contributed by atoms with Crippen molar-refractivity contribution in [2.75, 3.05) is 0 Å². The van der Waals surface area contributed by atoms with Gasteiger partial charge in [0, 0.05) is 0 Å². The molecule has 2 rings (SSSR count).